The molecule has 3 N–H and O–H groups in total. The quantitative estimate of drug-likeness (QED) is 0.606. The van der Waals surface area contributed by atoms with Gasteiger partial charge in [0.1, 0.15) is 6.04 Å². The van der Waals surface area contributed by atoms with Gasteiger partial charge in [-0.2, -0.15) is 0 Å². The summed E-state index contributed by atoms with van der Waals surface area (Å²) < 4.78 is 9.98. The first kappa shape index (κ1) is 11.4. The number of nitrogens with two attached hydrogens (primary N) is 1. The van der Waals surface area contributed by atoms with Crippen molar-refractivity contribution in [3.63, 3.8) is 0 Å². The van der Waals surface area contributed by atoms with Crippen molar-refractivity contribution in [2.75, 3.05) is 33.5 Å². The molecule has 1 amide bonds. The van der Waals surface area contributed by atoms with E-state index in [0.717, 1.165) is 19.6 Å². The summed E-state index contributed by atoms with van der Waals surface area (Å²) in [4.78, 5) is 11.3. The minimum absolute atomic E-state index is 0.154. The lowest BCUT2D eigenvalue weighted by molar-refractivity contribution is -0.123. The Bertz CT molecular complexity index is 181. The Labute approximate surface area is 83.9 Å². The van der Waals surface area contributed by atoms with Crippen molar-refractivity contribution in [3.8, 4) is 0 Å². The van der Waals surface area contributed by atoms with Gasteiger partial charge in [0.05, 0.1) is 13.2 Å². The van der Waals surface area contributed by atoms with Gasteiger partial charge >= 0.3 is 0 Å². The summed E-state index contributed by atoms with van der Waals surface area (Å²) in [7, 11) is 1.53. The first-order valence-corrected chi connectivity index (χ1v) is 4.84. The van der Waals surface area contributed by atoms with Gasteiger partial charge in [0, 0.05) is 26.2 Å². The van der Waals surface area contributed by atoms with Crippen molar-refractivity contribution < 1.29 is 14.3 Å². The molecule has 14 heavy (non-hydrogen) atoms. The Kier molecular flexibility index (Phi) is 4.86. The number of amides is 1. The largest absolute Gasteiger partial charge is 0.383 e. The summed E-state index contributed by atoms with van der Waals surface area (Å²) in [5, 5.41) is 2.79. The van der Waals surface area contributed by atoms with Crippen LogP contribution in [0.25, 0.3) is 0 Å². The maximum Gasteiger partial charge on any atom is 0.239 e. The van der Waals surface area contributed by atoms with Crippen molar-refractivity contribution in [2.45, 2.75) is 12.5 Å². The molecule has 1 fully saturated rings. The van der Waals surface area contributed by atoms with Gasteiger partial charge in [-0.1, -0.05) is 0 Å². The first-order valence-electron chi connectivity index (χ1n) is 4.84. The number of ether oxygens (including phenoxy) is 2. The van der Waals surface area contributed by atoms with Crippen LogP contribution in [0.5, 0.6) is 0 Å². The van der Waals surface area contributed by atoms with E-state index in [-0.39, 0.29) is 12.5 Å². The molecule has 0 aliphatic carbocycles. The SMILES string of the molecule is COCC(N)C(=O)NCC1CCOC1. The Balaban J connectivity index is 2.13. The number of methoxy groups -OCH3 is 1. The fraction of sp³-hybridized carbons (Fsp3) is 0.889. The predicted octanol–water partition coefficient (Wildman–Crippen LogP) is -0.887. The topological polar surface area (TPSA) is 73.6 Å². The molecule has 0 aromatic rings. The zero-order valence-electron chi connectivity index (χ0n) is 8.49. The maximum absolute atomic E-state index is 11.3. The summed E-state index contributed by atoms with van der Waals surface area (Å²) in [6.07, 6.45) is 1.01. The fourth-order valence-electron chi connectivity index (χ4n) is 1.38. The van der Waals surface area contributed by atoms with Gasteiger partial charge in [-0.05, 0) is 6.42 Å². The highest BCUT2D eigenvalue weighted by atomic mass is 16.5. The van der Waals surface area contributed by atoms with Gasteiger partial charge < -0.3 is 20.5 Å². The van der Waals surface area contributed by atoms with Crippen molar-refractivity contribution >= 4 is 5.91 Å². The molecule has 1 aliphatic heterocycles. The van der Waals surface area contributed by atoms with Crippen LogP contribution in [-0.2, 0) is 14.3 Å². The van der Waals surface area contributed by atoms with E-state index in [4.69, 9.17) is 15.2 Å². The number of carbonyl (C=O) groups excluding carboxylic acids is 1. The van der Waals surface area contributed by atoms with E-state index >= 15 is 0 Å². The second-order valence-corrected chi connectivity index (χ2v) is 3.54. The third-order valence-corrected chi connectivity index (χ3v) is 2.27. The van der Waals surface area contributed by atoms with E-state index < -0.39 is 6.04 Å². The molecule has 1 rings (SSSR count). The number of rotatable bonds is 5. The molecule has 5 nitrogen and oxygen atoms in total. The zero-order valence-corrected chi connectivity index (χ0v) is 8.49. The van der Waals surface area contributed by atoms with Gasteiger partial charge in [-0.25, -0.2) is 0 Å². The van der Waals surface area contributed by atoms with Crippen molar-refractivity contribution in [3.05, 3.63) is 0 Å². The lowest BCUT2D eigenvalue weighted by atomic mass is 10.1. The van der Waals surface area contributed by atoms with E-state index in [9.17, 15) is 4.79 Å². The van der Waals surface area contributed by atoms with Gasteiger partial charge in [-0.3, -0.25) is 4.79 Å². The van der Waals surface area contributed by atoms with Gasteiger partial charge in [0.2, 0.25) is 5.91 Å². The maximum atomic E-state index is 11.3. The monoisotopic (exact) mass is 202 g/mol. The Morgan fingerprint density at radius 1 is 1.79 bits per heavy atom. The van der Waals surface area contributed by atoms with E-state index in [1.165, 1.54) is 7.11 Å². The molecule has 82 valence electrons. The van der Waals surface area contributed by atoms with E-state index in [0.29, 0.717) is 12.5 Å². The van der Waals surface area contributed by atoms with Crippen molar-refractivity contribution in [1.82, 2.24) is 5.32 Å². The molecule has 1 heterocycles. The zero-order chi connectivity index (χ0) is 10.4. The molecule has 0 aromatic heterocycles. The number of carbonyl (C=O) groups is 1. The smallest absolute Gasteiger partial charge is 0.239 e. The van der Waals surface area contributed by atoms with Crippen LogP contribution in [0, 0.1) is 5.92 Å². The van der Waals surface area contributed by atoms with Crippen LogP contribution >= 0.6 is 0 Å². The van der Waals surface area contributed by atoms with Gasteiger partial charge in [0.25, 0.3) is 0 Å². The van der Waals surface area contributed by atoms with Crippen LogP contribution in [0.4, 0.5) is 0 Å². The van der Waals surface area contributed by atoms with Crippen LogP contribution in [0.1, 0.15) is 6.42 Å². The van der Waals surface area contributed by atoms with Crippen LogP contribution in [0.15, 0.2) is 0 Å². The third kappa shape index (κ3) is 3.61. The number of hydrogen-bond donors (Lipinski definition) is 2. The molecule has 1 aliphatic rings. The van der Waals surface area contributed by atoms with Crippen LogP contribution < -0.4 is 11.1 Å². The van der Waals surface area contributed by atoms with E-state index in [1.807, 2.05) is 0 Å². The Hall–Kier alpha value is -0.650. The highest BCUT2D eigenvalue weighted by Crippen LogP contribution is 2.10. The summed E-state index contributed by atoms with van der Waals surface area (Å²) in [5.41, 5.74) is 5.54. The molecule has 0 radical (unpaired) electrons. The minimum Gasteiger partial charge on any atom is -0.383 e. The lowest BCUT2D eigenvalue weighted by Crippen LogP contribution is -2.44. The molecular formula is C9H18N2O3. The van der Waals surface area contributed by atoms with Crippen LogP contribution in [-0.4, -0.2) is 45.4 Å². The summed E-state index contributed by atoms with van der Waals surface area (Å²) in [6, 6.07) is -0.567. The summed E-state index contributed by atoms with van der Waals surface area (Å²) in [5.74, 6) is 0.285. The molecule has 0 aromatic carbocycles. The average molecular weight is 202 g/mol. The number of nitrogens with one attached hydrogen (secondary N) is 1. The van der Waals surface area contributed by atoms with Gasteiger partial charge in [0.15, 0.2) is 0 Å². The third-order valence-electron chi connectivity index (χ3n) is 2.27. The molecule has 1 saturated heterocycles. The summed E-state index contributed by atoms with van der Waals surface area (Å²) in [6.45, 7) is 2.44. The molecule has 0 spiro atoms. The molecule has 0 bridgehead atoms. The van der Waals surface area contributed by atoms with E-state index in [1.54, 1.807) is 0 Å². The van der Waals surface area contributed by atoms with Crippen LogP contribution in [0.3, 0.4) is 0 Å². The lowest BCUT2D eigenvalue weighted by Gasteiger charge is -2.13. The van der Waals surface area contributed by atoms with Crippen LogP contribution in [0.2, 0.25) is 0 Å². The summed E-state index contributed by atoms with van der Waals surface area (Å²) >= 11 is 0. The first-order chi connectivity index (χ1) is 6.74. The fourth-order valence-corrected chi connectivity index (χ4v) is 1.38. The second kappa shape index (κ2) is 5.95. The molecule has 2 unspecified atom stereocenters. The molecule has 2 atom stereocenters. The molecular weight excluding hydrogens is 184 g/mol. The van der Waals surface area contributed by atoms with Crippen molar-refractivity contribution in [2.24, 2.45) is 11.7 Å². The highest BCUT2D eigenvalue weighted by molar-refractivity contribution is 5.81. The Morgan fingerprint density at radius 2 is 2.57 bits per heavy atom. The highest BCUT2D eigenvalue weighted by Gasteiger charge is 2.18. The van der Waals surface area contributed by atoms with Crippen molar-refractivity contribution in [1.29, 1.82) is 0 Å². The minimum atomic E-state index is -0.567. The van der Waals surface area contributed by atoms with E-state index in [2.05, 4.69) is 5.32 Å². The number of hydrogen-bond acceptors (Lipinski definition) is 4. The molecule has 5 heteroatoms. The predicted molar refractivity (Wildman–Crippen MR) is 51.8 cm³/mol. The normalized spacial score (nSPS) is 23.4. The second-order valence-electron chi connectivity index (χ2n) is 3.54. The van der Waals surface area contributed by atoms with Gasteiger partial charge in [-0.15, -0.1) is 0 Å². The standard InChI is InChI=1S/C9H18N2O3/c1-13-6-8(10)9(12)11-4-7-2-3-14-5-7/h7-8H,2-6,10H2,1H3,(H,11,12). The Morgan fingerprint density at radius 3 is 3.14 bits per heavy atom. The average Bonchev–Trinajstić information content (AvgIpc) is 2.67. The molecule has 0 saturated carbocycles.